The van der Waals surface area contributed by atoms with Gasteiger partial charge in [0.25, 0.3) is 0 Å². The van der Waals surface area contributed by atoms with Gasteiger partial charge in [0.05, 0.1) is 6.54 Å². The van der Waals surface area contributed by atoms with Crippen LogP contribution in [0.2, 0.25) is 0 Å². The number of rotatable bonds is 6. The van der Waals surface area contributed by atoms with Gasteiger partial charge in [0.15, 0.2) is 0 Å². The summed E-state index contributed by atoms with van der Waals surface area (Å²) in [4.78, 5) is 12.0. The number of carbonyl (C=O) groups is 1. The second kappa shape index (κ2) is 7.64. The van der Waals surface area contributed by atoms with E-state index in [1.54, 1.807) is 0 Å². The molecule has 0 aliphatic carbocycles. The molecule has 2 rings (SSSR count). The van der Waals surface area contributed by atoms with Crippen molar-refractivity contribution in [2.45, 2.75) is 33.6 Å². The van der Waals surface area contributed by atoms with Crippen molar-refractivity contribution in [1.82, 2.24) is 0 Å². The Morgan fingerprint density at radius 3 is 2.45 bits per heavy atom. The third kappa shape index (κ3) is 4.62. The molecule has 1 amide bonds. The molecule has 0 spiro atoms. The number of hydrogen-bond acceptors (Lipinski definition) is 2. The van der Waals surface area contributed by atoms with Gasteiger partial charge in [-0.15, -0.1) is 0 Å². The number of carbonyl (C=O) groups excluding carboxylic acids is 1. The lowest BCUT2D eigenvalue weighted by atomic mass is 10.1. The highest BCUT2D eigenvalue weighted by molar-refractivity contribution is 5.93. The van der Waals surface area contributed by atoms with Gasteiger partial charge in [0.1, 0.15) is 0 Å². The zero-order valence-corrected chi connectivity index (χ0v) is 13.6. The minimum atomic E-state index is -0.0378. The van der Waals surface area contributed by atoms with Crippen LogP contribution in [0.3, 0.4) is 0 Å². The second-order valence-electron chi connectivity index (χ2n) is 5.67. The van der Waals surface area contributed by atoms with Crippen LogP contribution in [0.1, 0.15) is 30.0 Å². The van der Waals surface area contributed by atoms with E-state index in [-0.39, 0.29) is 12.5 Å². The fourth-order valence-electron chi connectivity index (χ4n) is 2.35. The van der Waals surface area contributed by atoms with Gasteiger partial charge in [0.2, 0.25) is 5.91 Å². The van der Waals surface area contributed by atoms with Crippen molar-refractivity contribution in [1.29, 1.82) is 0 Å². The lowest BCUT2D eigenvalue weighted by Gasteiger charge is -2.11. The molecule has 0 atom stereocenters. The molecule has 0 unspecified atom stereocenters. The standard InChI is InChI=1S/C19H24N2O/c1-4-5-16-8-10-17(11-9-16)21-19(22)13-20-18-12-14(2)6-7-15(18)3/h6-12,20H,4-5,13H2,1-3H3,(H,21,22). The predicted molar refractivity (Wildman–Crippen MR) is 93.5 cm³/mol. The van der Waals surface area contributed by atoms with Gasteiger partial charge in [-0.2, -0.15) is 0 Å². The molecule has 2 aromatic rings. The zero-order valence-electron chi connectivity index (χ0n) is 13.6. The maximum Gasteiger partial charge on any atom is 0.243 e. The first-order chi connectivity index (χ1) is 10.6. The van der Waals surface area contributed by atoms with E-state index in [1.807, 2.05) is 26.0 Å². The average molecular weight is 296 g/mol. The van der Waals surface area contributed by atoms with Crippen LogP contribution in [0.15, 0.2) is 42.5 Å². The summed E-state index contributed by atoms with van der Waals surface area (Å²) in [7, 11) is 0. The van der Waals surface area contributed by atoms with Crippen molar-refractivity contribution in [2.24, 2.45) is 0 Å². The molecule has 0 saturated carbocycles. The number of hydrogen-bond donors (Lipinski definition) is 2. The molecule has 0 saturated heterocycles. The van der Waals surface area contributed by atoms with E-state index in [0.717, 1.165) is 29.8 Å². The Bertz CT molecular complexity index is 632. The van der Waals surface area contributed by atoms with Crippen molar-refractivity contribution >= 4 is 17.3 Å². The van der Waals surface area contributed by atoms with Crippen LogP contribution >= 0.6 is 0 Å². The summed E-state index contributed by atoms with van der Waals surface area (Å²) in [6.07, 6.45) is 2.20. The zero-order chi connectivity index (χ0) is 15.9. The maximum atomic E-state index is 12.0. The first-order valence-corrected chi connectivity index (χ1v) is 7.78. The number of nitrogens with one attached hydrogen (secondary N) is 2. The molecule has 2 aromatic carbocycles. The van der Waals surface area contributed by atoms with E-state index in [9.17, 15) is 4.79 Å². The fourth-order valence-corrected chi connectivity index (χ4v) is 2.35. The van der Waals surface area contributed by atoms with Gasteiger partial charge < -0.3 is 10.6 Å². The third-order valence-corrected chi connectivity index (χ3v) is 3.61. The Balaban J connectivity index is 1.88. The normalized spacial score (nSPS) is 10.3. The number of anilines is 2. The van der Waals surface area contributed by atoms with E-state index >= 15 is 0 Å². The smallest absolute Gasteiger partial charge is 0.243 e. The minimum absolute atomic E-state index is 0.0378. The van der Waals surface area contributed by atoms with Gasteiger partial charge in [-0.25, -0.2) is 0 Å². The first kappa shape index (κ1) is 16.1. The first-order valence-electron chi connectivity index (χ1n) is 7.78. The SMILES string of the molecule is CCCc1ccc(NC(=O)CNc2cc(C)ccc2C)cc1. The molecule has 0 aliphatic rings. The monoisotopic (exact) mass is 296 g/mol. The predicted octanol–water partition coefficient (Wildman–Crippen LogP) is 4.31. The number of aryl methyl sites for hydroxylation is 3. The molecule has 3 nitrogen and oxygen atoms in total. The highest BCUT2D eigenvalue weighted by atomic mass is 16.1. The van der Waals surface area contributed by atoms with Gasteiger partial charge in [-0.3, -0.25) is 4.79 Å². The second-order valence-corrected chi connectivity index (χ2v) is 5.67. The van der Waals surface area contributed by atoms with Gasteiger partial charge in [0, 0.05) is 11.4 Å². The Kier molecular flexibility index (Phi) is 5.59. The van der Waals surface area contributed by atoms with E-state index in [4.69, 9.17) is 0 Å². The number of benzene rings is 2. The third-order valence-electron chi connectivity index (χ3n) is 3.61. The molecule has 0 heterocycles. The Labute approximate surface area is 132 Å². The topological polar surface area (TPSA) is 41.1 Å². The summed E-state index contributed by atoms with van der Waals surface area (Å²) in [5, 5.41) is 6.11. The van der Waals surface area contributed by atoms with Gasteiger partial charge in [-0.1, -0.05) is 37.6 Å². The summed E-state index contributed by atoms with van der Waals surface area (Å²) in [5.74, 6) is -0.0378. The summed E-state index contributed by atoms with van der Waals surface area (Å²) in [6.45, 7) is 6.50. The van der Waals surface area contributed by atoms with Crippen LogP contribution in [0.4, 0.5) is 11.4 Å². The van der Waals surface area contributed by atoms with Gasteiger partial charge in [-0.05, 0) is 55.2 Å². The highest BCUT2D eigenvalue weighted by Crippen LogP contribution is 2.16. The van der Waals surface area contributed by atoms with Crippen LogP contribution in [0.5, 0.6) is 0 Å². The molecule has 0 aliphatic heterocycles. The molecule has 3 heteroatoms. The van der Waals surface area contributed by atoms with Crippen LogP contribution in [0.25, 0.3) is 0 Å². The molecule has 116 valence electrons. The van der Waals surface area contributed by atoms with Crippen LogP contribution in [-0.2, 0) is 11.2 Å². The van der Waals surface area contributed by atoms with Crippen LogP contribution in [0, 0.1) is 13.8 Å². The highest BCUT2D eigenvalue weighted by Gasteiger charge is 2.04. The van der Waals surface area contributed by atoms with Crippen molar-refractivity contribution in [2.75, 3.05) is 17.2 Å². The molecule has 22 heavy (non-hydrogen) atoms. The van der Waals surface area contributed by atoms with Crippen molar-refractivity contribution < 1.29 is 4.79 Å². The Morgan fingerprint density at radius 2 is 1.77 bits per heavy atom. The van der Waals surface area contributed by atoms with E-state index in [2.05, 4.69) is 47.9 Å². The molecule has 2 N–H and O–H groups in total. The molecular formula is C19H24N2O. The fraction of sp³-hybridized carbons (Fsp3) is 0.316. The lowest BCUT2D eigenvalue weighted by Crippen LogP contribution is -2.22. The van der Waals surface area contributed by atoms with E-state index < -0.39 is 0 Å². The van der Waals surface area contributed by atoms with E-state index in [1.165, 1.54) is 11.1 Å². The maximum absolute atomic E-state index is 12.0. The van der Waals surface area contributed by atoms with Crippen molar-refractivity contribution in [3.8, 4) is 0 Å². The molecule has 0 radical (unpaired) electrons. The lowest BCUT2D eigenvalue weighted by molar-refractivity contribution is -0.114. The summed E-state index contributed by atoms with van der Waals surface area (Å²) < 4.78 is 0. The van der Waals surface area contributed by atoms with Crippen molar-refractivity contribution in [3.05, 3.63) is 59.2 Å². The summed E-state index contributed by atoms with van der Waals surface area (Å²) in [6, 6.07) is 14.2. The molecular weight excluding hydrogens is 272 g/mol. The van der Waals surface area contributed by atoms with E-state index in [0.29, 0.717) is 0 Å². The summed E-state index contributed by atoms with van der Waals surface area (Å²) >= 11 is 0. The minimum Gasteiger partial charge on any atom is -0.376 e. The molecule has 0 fully saturated rings. The summed E-state index contributed by atoms with van der Waals surface area (Å²) in [5.41, 5.74) is 5.47. The largest absolute Gasteiger partial charge is 0.376 e. The van der Waals surface area contributed by atoms with Crippen LogP contribution in [-0.4, -0.2) is 12.5 Å². The molecule has 0 aromatic heterocycles. The van der Waals surface area contributed by atoms with Crippen molar-refractivity contribution in [3.63, 3.8) is 0 Å². The number of amides is 1. The Hall–Kier alpha value is -2.29. The molecule has 0 bridgehead atoms. The van der Waals surface area contributed by atoms with Crippen LogP contribution < -0.4 is 10.6 Å². The quantitative estimate of drug-likeness (QED) is 0.834. The van der Waals surface area contributed by atoms with Gasteiger partial charge >= 0.3 is 0 Å². The Morgan fingerprint density at radius 1 is 1.05 bits per heavy atom. The average Bonchev–Trinajstić information content (AvgIpc) is 2.50.